The Morgan fingerprint density at radius 1 is 1.11 bits per heavy atom. The summed E-state index contributed by atoms with van der Waals surface area (Å²) in [7, 11) is -2.26. The number of aryl methyl sites for hydroxylation is 1. The molecule has 0 aliphatic rings. The van der Waals surface area contributed by atoms with Gasteiger partial charge in [-0.3, -0.25) is 9.52 Å². The maximum Gasteiger partial charge on any atom is 0.261 e. The van der Waals surface area contributed by atoms with E-state index in [9.17, 15) is 13.2 Å². The Bertz CT molecular complexity index is 1060. The van der Waals surface area contributed by atoms with E-state index in [1.54, 1.807) is 37.4 Å². The molecule has 0 spiro atoms. The van der Waals surface area contributed by atoms with Crippen molar-refractivity contribution < 1.29 is 17.9 Å². The molecule has 0 saturated carbocycles. The van der Waals surface area contributed by atoms with Crippen molar-refractivity contribution in [3.8, 4) is 5.75 Å². The van der Waals surface area contributed by atoms with Gasteiger partial charge in [0.2, 0.25) is 5.91 Å². The average Bonchev–Trinajstić information content (AvgIpc) is 3.16. The quantitative estimate of drug-likeness (QED) is 0.609. The summed E-state index contributed by atoms with van der Waals surface area (Å²) < 4.78 is 33.0. The lowest BCUT2D eigenvalue weighted by Crippen LogP contribution is -2.16. The van der Waals surface area contributed by atoms with Crippen LogP contribution < -0.4 is 14.8 Å². The number of benzene rings is 2. The lowest BCUT2D eigenvalue weighted by molar-refractivity contribution is -0.115. The fourth-order valence-corrected chi connectivity index (χ4v) is 4.33. The SMILES string of the molecule is COc1ccc(NS(=O)(=O)c2ccc(C)c(NC(=O)Cc3cccs3)c2)cc1. The number of methoxy groups -OCH3 is 1. The summed E-state index contributed by atoms with van der Waals surface area (Å²) in [5, 5.41) is 4.71. The number of rotatable bonds is 7. The molecule has 6 nitrogen and oxygen atoms in total. The number of thiophene rings is 1. The molecule has 2 aromatic carbocycles. The van der Waals surface area contributed by atoms with Crippen molar-refractivity contribution in [1.82, 2.24) is 0 Å². The Morgan fingerprint density at radius 2 is 1.86 bits per heavy atom. The Hall–Kier alpha value is -2.84. The second-order valence-electron chi connectivity index (χ2n) is 6.12. The summed E-state index contributed by atoms with van der Waals surface area (Å²) in [6, 6.07) is 15.0. The molecule has 0 fully saturated rings. The summed E-state index contributed by atoms with van der Waals surface area (Å²) in [5.74, 6) is 0.442. The first-order valence-corrected chi connectivity index (χ1v) is 10.8. The van der Waals surface area contributed by atoms with Gasteiger partial charge >= 0.3 is 0 Å². The molecule has 0 bridgehead atoms. The van der Waals surface area contributed by atoms with Crippen LogP contribution in [0.5, 0.6) is 5.75 Å². The highest BCUT2D eigenvalue weighted by Gasteiger charge is 2.17. The number of carbonyl (C=O) groups is 1. The fraction of sp³-hybridized carbons (Fsp3) is 0.150. The zero-order valence-electron chi connectivity index (χ0n) is 15.4. The number of hydrogen-bond donors (Lipinski definition) is 2. The van der Waals surface area contributed by atoms with E-state index in [2.05, 4.69) is 10.0 Å². The van der Waals surface area contributed by atoms with E-state index in [1.807, 2.05) is 24.4 Å². The molecule has 146 valence electrons. The maximum absolute atomic E-state index is 12.7. The van der Waals surface area contributed by atoms with E-state index < -0.39 is 10.0 Å². The topological polar surface area (TPSA) is 84.5 Å². The van der Waals surface area contributed by atoms with Crippen molar-refractivity contribution in [2.75, 3.05) is 17.1 Å². The van der Waals surface area contributed by atoms with Crippen LogP contribution in [0.3, 0.4) is 0 Å². The number of carbonyl (C=O) groups excluding carboxylic acids is 1. The summed E-state index contributed by atoms with van der Waals surface area (Å²) in [6.45, 7) is 1.81. The van der Waals surface area contributed by atoms with Crippen LogP contribution in [0.1, 0.15) is 10.4 Å². The molecule has 3 rings (SSSR count). The molecule has 1 amide bonds. The van der Waals surface area contributed by atoms with Crippen LogP contribution in [0.2, 0.25) is 0 Å². The predicted molar refractivity (Wildman–Crippen MR) is 112 cm³/mol. The molecule has 0 aliphatic carbocycles. The molecule has 3 aromatic rings. The molecule has 28 heavy (non-hydrogen) atoms. The largest absolute Gasteiger partial charge is 0.497 e. The first-order chi connectivity index (χ1) is 13.4. The zero-order valence-corrected chi connectivity index (χ0v) is 17.1. The number of anilines is 2. The minimum absolute atomic E-state index is 0.0698. The van der Waals surface area contributed by atoms with E-state index in [0.29, 0.717) is 17.1 Å². The van der Waals surface area contributed by atoms with Gasteiger partial charge in [-0.1, -0.05) is 12.1 Å². The third kappa shape index (κ3) is 4.90. The lowest BCUT2D eigenvalue weighted by atomic mass is 10.2. The fourth-order valence-electron chi connectivity index (χ4n) is 2.54. The smallest absolute Gasteiger partial charge is 0.261 e. The van der Waals surface area contributed by atoms with Gasteiger partial charge in [0.05, 0.1) is 18.4 Å². The second-order valence-corrected chi connectivity index (χ2v) is 8.83. The molecule has 1 aromatic heterocycles. The highest BCUT2D eigenvalue weighted by molar-refractivity contribution is 7.92. The van der Waals surface area contributed by atoms with Gasteiger partial charge in [0.15, 0.2) is 0 Å². The van der Waals surface area contributed by atoms with Crippen molar-refractivity contribution in [2.45, 2.75) is 18.2 Å². The van der Waals surface area contributed by atoms with Crippen LogP contribution >= 0.6 is 11.3 Å². The van der Waals surface area contributed by atoms with Crippen LogP contribution in [0, 0.1) is 6.92 Å². The Balaban J connectivity index is 1.77. The van der Waals surface area contributed by atoms with Gasteiger partial charge in [0.1, 0.15) is 5.75 Å². The number of sulfonamides is 1. The Labute approximate surface area is 168 Å². The maximum atomic E-state index is 12.7. The van der Waals surface area contributed by atoms with Crippen molar-refractivity contribution in [3.63, 3.8) is 0 Å². The molecule has 8 heteroatoms. The van der Waals surface area contributed by atoms with Crippen molar-refractivity contribution in [2.24, 2.45) is 0 Å². The molecular weight excluding hydrogens is 396 g/mol. The molecule has 0 unspecified atom stereocenters. The minimum Gasteiger partial charge on any atom is -0.497 e. The van der Waals surface area contributed by atoms with E-state index in [-0.39, 0.29) is 17.2 Å². The molecule has 0 radical (unpaired) electrons. The number of nitrogens with one attached hydrogen (secondary N) is 2. The van der Waals surface area contributed by atoms with E-state index in [0.717, 1.165) is 10.4 Å². The second kappa shape index (κ2) is 8.45. The van der Waals surface area contributed by atoms with Crippen LogP contribution in [-0.2, 0) is 21.2 Å². The molecule has 0 atom stereocenters. The standard InChI is InChI=1S/C20H20N2O4S2/c1-14-5-10-18(13-19(14)21-20(23)12-17-4-3-11-27-17)28(24,25)22-15-6-8-16(26-2)9-7-15/h3-11,13,22H,12H2,1-2H3,(H,21,23). The van der Waals surface area contributed by atoms with E-state index in [4.69, 9.17) is 4.74 Å². The minimum atomic E-state index is -3.80. The summed E-state index contributed by atoms with van der Waals surface area (Å²) in [6.07, 6.45) is 0.248. The zero-order chi connectivity index (χ0) is 20.1. The van der Waals surface area contributed by atoms with Crippen molar-refractivity contribution in [1.29, 1.82) is 0 Å². The van der Waals surface area contributed by atoms with Gasteiger partial charge in [0, 0.05) is 16.3 Å². The van der Waals surface area contributed by atoms with Gasteiger partial charge in [-0.2, -0.15) is 0 Å². The van der Waals surface area contributed by atoms with Crippen LogP contribution in [0.4, 0.5) is 11.4 Å². The van der Waals surface area contributed by atoms with Gasteiger partial charge < -0.3 is 10.1 Å². The van der Waals surface area contributed by atoms with Crippen LogP contribution in [-0.4, -0.2) is 21.4 Å². The first kappa shape index (κ1) is 19.9. The summed E-state index contributed by atoms with van der Waals surface area (Å²) in [4.78, 5) is 13.3. The molecule has 2 N–H and O–H groups in total. The summed E-state index contributed by atoms with van der Waals surface area (Å²) >= 11 is 1.50. The molecule has 1 heterocycles. The highest BCUT2D eigenvalue weighted by Crippen LogP contribution is 2.24. The predicted octanol–water partition coefficient (Wildman–Crippen LogP) is 4.05. The molecule has 0 aliphatic heterocycles. The third-order valence-electron chi connectivity index (χ3n) is 4.05. The first-order valence-electron chi connectivity index (χ1n) is 8.47. The number of amides is 1. The van der Waals surface area contributed by atoms with Crippen LogP contribution in [0.15, 0.2) is 64.9 Å². The van der Waals surface area contributed by atoms with Crippen LogP contribution in [0.25, 0.3) is 0 Å². The van der Waals surface area contributed by atoms with E-state index in [1.165, 1.54) is 23.5 Å². The average molecular weight is 417 g/mol. The van der Waals surface area contributed by atoms with Gasteiger partial charge in [0.25, 0.3) is 10.0 Å². The molecular formula is C20H20N2O4S2. The van der Waals surface area contributed by atoms with Crippen molar-refractivity contribution >= 4 is 38.6 Å². The highest BCUT2D eigenvalue weighted by atomic mass is 32.2. The number of hydrogen-bond acceptors (Lipinski definition) is 5. The monoisotopic (exact) mass is 416 g/mol. The Kier molecular flexibility index (Phi) is 6.01. The van der Waals surface area contributed by atoms with Crippen molar-refractivity contribution in [3.05, 3.63) is 70.4 Å². The molecule has 0 saturated heterocycles. The third-order valence-corrected chi connectivity index (χ3v) is 6.31. The van der Waals surface area contributed by atoms with Gasteiger partial charge in [-0.05, 0) is 60.3 Å². The Morgan fingerprint density at radius 3 is 2.50 bits per heavy atom. The summed E-state index contributed by atoms with van der Waals surface area (Å²) in [5.41, 5.74) is 1.67. The number of ether oxygens (including phenoxy) is 1. The van der Waals surface area contributed by atoms with Gasteiger partial charge in [-0.25, -0.2) is 8.42 Å². The normalized spacial score (nSPS) is 11.1. The van der Waals surface area contributed by atoms with E-state index >= 15 is 0 Å². The van der Waals surface area contributed by atoms with Gasteiger partial charge in [-0.15, -0.1) is 11.3 Å². The lowest BCUT2D eigenvalue weighted by Gasteiger charge is -2.12.